The second-order valence-electron chi connectivity index (χ2n) is 3.34. The molecule has 1 N–H and O–H groups in total. The molecule has 0 bridgehead atoms. The molecule has 0 heterocycles. The van der Waals surface area contributed by atoms with Gasteiger partial charge < -0.3 is 10.1 Å². The summed E-state index contributed by atoms with van der Waals surface area (Å²) >= 11 is 2.94. The van der Waals surface area contributed by atoms with Gasteiger partial charge in [0.25, 0.3) is 0 Å². The van der Waals surface area contributed by atoms with E-state index in [0.717, 1.165) is 6.07 Å². The predicted molar refractivity (Wildman–Crippen MR) is 58.5 cm³/mol. The maximum atomic E-state index is 13.2. The lowest BCUT2D eigenvalue weighted by Gasteiger charge is -2.10. The Kier molecular flexibility index (Phi) is 5.33. The van der Waals surface area contributed by atoms with Gasteiger partial charge in [0.1, 0.15) is 6.61 Å². The van der Waals surface area contributed by atoms with E-state index in [9.17, 15) is 22.0 Å². The van der Waals surface area contributed by atoms with E-state index in [2.05, 4.69) is 21.2 Å². The molecule has 0 fully saturated rings. The van der Waals surface area contributed by atoms with Crippen molar-refractivity contribution in [1.82, 2.24) is 5.32 Å². The topological polar surface area (TPSA) is 21.3 Å². The highest BCUT2D eigenvalue weighted by atomic mass is 79.9. The third-order valence-electron chi connectivity index (χ3n) is 1.82. The van der Waals surface area contributed by atoms with Crippen molar-refractivity contribution in [1.29, 1.82) is 0 Å². The van der Waals surface area contributed by atoms with Gasteiger partial charge in [0.2, 0.25) is 5.82 Å². The molecule has 0 saturated carbocycles. The van der Waals surface area contributed by atoms with Gasteiger partial charge in [-0.3, -0.25) is 0 Å². The highest BCUT2D eigenvalue weighted by molar-refractivity contribution is 9.10. The number of nitrogens with one attached hydrogen (secondary N) is 1. The first kappa shape index (κ1) is 15.2. The molecule has 8 heteroatoms. The fourth-order valence-corrected chi connectivity index (χ4v) is 1.51. The van der Waals surface area contributed by atoms with Gasteiger partial charge in [0.15, 0.2) is 11.6 Å². The van der Waals surface area contributed by atoms with Gasteiger partial charge in [-0.05, 0) is 12.1 Å². The van der Waals surface area contributed by atoms with E-state index in [0.29, 0.717) is 0 Å². The van der Waals surface area contributed by atoms with E-state index >= 15 is 0 Å². The molecule has 0 amide bonds. The van der Waals surface area contributed by atoms with Crippen LogP contribution in [0.2, 0.25) is 0 Å². The van der Waals surface area contributed by atoms with Crippen molar-refractivity contribution in [3.05, 3.63) is 28.2 Å². The summed E-state index contributed by atoms with van der Waals surface area (Å²) in [6.45, 7) is -1.50. The van der Waals surface area contributed by atoms with Crippen molar-refractivity contribution in [2.45, 2.75) is 6.18 Å². The Labute approximate surface area is 108 Å². The van der Waals surface area contributed by atoms with E-state index in [-0.39, 0.29) is 23.4 Å². The largest absolute Gasteiger partial charge is 0.489 e. The molecule has 18 heavy (non-hydrogen) atoms. The second kappa shape index (κ2) is 6.33. The van der Waals surface area contributed by atoms with Gasteiger partial charge in [-0.2, -0.15) is 17.6 Å². The highest BCUT2D eigenvalue weighted by Crippen LogP contribution is 2.25. The van der Waals surface area contributed by atoms with Crippen molar-refractivity contribution in [3.8, 4) is 5.75 Å². The van der Waals surface area contributed by atoms with Gasteiger partial charge >= 0.3 is 6.18 Å². The quantitative estimate of drug-likeness (QED) is 0.507. The minimum atomic E-state index is -4.31. The van der Waals surface area contributed by atoms with Gasteiger partial charge in [-0.15, -0.1) is 0 Å². The molecule has 102 valence electrons. The fourth-order valence-electron chi connectivity index (χ4n) is 1.10. The van der Waals surface area contributed by atoms with Crippen LogP contribution in [0.3, 0.4) is 0 Å². The number of alkyl halides is 3. The number of rotatable bonds is 5. The highest BCUT2D eigenvalue weighted by Gasteiger charge is 2.25. The van der Waals surface area contributed by atoms with Crippen molar-refractivity contribution < 1.29 is 26.7 Å². The molecule has 0 aliphatic heterocycles. The summed E-state index contributed by atoms with van der Waals surface area (Å²) in [7, 11) is 0. The number of halogens is 6. The number of hydrogen-bond acceptors (Lipinski definition) is 2. The van der Waals surface area contributed by atoms with Crippen molar-refractivity contribution in [2.75, 3.05) is 19.7 Å². The Morgan fingerprint density at radius 2 is 1.89 bits per heavy atom. The van der Waals surface area contributed by atoms with Crippen LogP contribution < -0.4 is 10.1 Å². The molecule has 0 atom stereocenters. The zero-order valence-electron chi connectivity index (χ0n) is 8.95. The van der Waals surface area contributed by atoms with Crippen molar-refractivity contribution in [3.63, 3.8) is 0 Å². The van der Waals surface area contributed by atoms with Crippen LogP contribution in [0.15, 0.2) is 16.6 Å². The van der Waals surface area contributed by atoms with E-state index in [1.807, 2.05) is 0 Å². The zero-order chi connectivity index (χ0) is 13.8. The van der Waals surface area contributed by atoms with Crippen LogP contribution in [-0.4, -0.2) is 25.9 Å². The summed E-state index contributed by atoms with van der Waals surface area (Å²) in [5.41, 5.74) is 0. The zero-order valence-corrected chi connectivity index (χ0v) is 10.5. The first-order valence-electron chi connectivity index (χ1n) is 4.84. The molecule has 0 spiro atoms. The Morgan fingerprint density at radius 3 is 2.50 bits per heavy atom. The second-order valence-corrected chi connectivity index (χ2v) is 4.26. The Hall–Kier alpha value is -0.890. The molecule has 0 unspecified atom stereocenters. The first-order chi connectivity index (χ1) is 8.29. The predicted octanol–water partition coefficient (Wildman–Crippen LogP) is 3.26. The van der Waals surface area contributed by atoms with E-state index in [1.165, 1.54) is 6.07 Å². The smallest absolute Gasteiger partial charge is 0.401 e. The van der Waals surface area contributed by atoms with Crippen molar-refractivity contribution >= 4 is 15.9 Å². The standard InChI is InChI=1S/C10H9BrF5NO/c11-6-3-7(12)9(13)8(4-6)18-2-1-17-5-10(14,15)16/h3-4,17H,1-2,5H2. The van der Waals surface area contributed by atoms with Gasteiger partial charge in [0, 0.05) is 11.0 Å². The Bertz CT molecular complexity index is 410. The number of hydrogen-bond donors (Lipinski definition) is 1. The average Bonchev–Trinajstić information content (AvgIpc) is 2.22. The third kappa shape index (κ3) is 5.18. The normalized spacial score (nSPS) is 11.7. The molecule has 0 aromatic heterocycles. The van der Waals surface area contributed by atoms with Crippen LogP contribution in [0.4, 0.5) is 22.0 Å². The van der Waals surface area contributed by atoms with Crippen LogP contribution in [0, 0.1) is 11.6 Å². The minimum Gasteiger partial charge on any atom is -0.489 e. The number of ether oxygens (including phenoxy) is 1. The lowest BCUT2D eigenvalue weighted by molar-refractivity contribution is -0.124. The van der Waals surface area contributed by atoms with E-state index < -0.39 is 24.4 Å². The molecule has 0 radical (unpaired) electrons. The van der Waals surface area contributed by atoms with E-state index in [1.54, 1.807) is 0 Å². The van der Waals surface area contributed by atoms with Crippen LogP contribution in [0.1, 0.15) is 0 Å². The van der Waals surface area contributed by atoms with Crippen molar-refractivity contribution in [2.24, 2.45) is 0 Å². The molecule has 0 aliphatic rings. The van der Waals surface area contributed by atoms with Gasteiger partial charge in [-0.1, -0.05) is 15.9 Å². The minimum absolute atomic E-state index is 0.132. The summed E-state index contributed by atoms with van der Waals surface area (Å²) in [5, 5.41) is 2.07. The maximum Gasteiger partial charge on any atom is 0.401 e. The summed E-state index contributed by atoms with van der Waals surface area (Å²) in [4.78, 5) is 0. The molecule has 1 rings (SSSR count). The van der Waals surface area contributed by atoms with Crippen LogP contribution >= 0.6 is 15.9 Å². The molecule has 0 aliphatic carbocycles. The summed E-state index contributed by atoms with van der Waals surface area (Å²) in [6.07, 6.45) is -4.31. The summed E-state index contributed by atoms with van der Waals surface area (Å²) in [5.74, 6) is -2.62. The number of benzene rings is 1. The molecule has 1 aromatic carbocycles. The van der Waals surface area contributed by atoms with Crippen LogP contribution in [0.5, 0.6) is 5.75 Å². The molecule has 0 saturated heterocycles. The lowest BCUT2D eigenvalue weighted by atomic mass is 10.3. The monoisotopic (exact) mass is 333 g/mol. The van der Waals surface area contributed by atoms with Crippen LogP contribution in [-0.2, 0) is 0 Å². The SMILES string of the molecule is Fc1cc(Br)cc(OCCNCC(F)(F)F)c1F. The summed E-state index contributed by atoms with van der Waals surface area (Å²) in [6, 6.07) is 2.12. The fraction of sp³-hybridized carbons (Fsp3) is 0.400. The molecular formula is C10H9BrF5NO. The van der Waals surface area contributed by atoms with Crippen LogP contribution in [0.25, 0.3) is 0 Å². The van der Waals surface area contributed by atoms with E-state index in [4.69, 9.17) is 4.74 Å². The third-order valence-corrected chi connectivity index (χ3v) is 2.28. The Balaban J connectivity index is 2.40. The van der Waals surface area contributed by atoms with Gasteiger partial charge in [0.05, 0.1) is 6.54 Å². The molecule has 2 nitrogen and oxygen atoms in total. The first-order valence-corrected chi connectivity index (χ1v) is 5.64. The maximum absolute atomic E-state index is 13.2. The summed E-state index contributed by atoms with van der Waals surface area (Å²) < 4.78 is 66.5. The molecule has 1 aromatic rings. The lowest BCUT2D eigenvalue weighted by Crippen LogP contribution is -2.31. The van der Waals surface area contributed by atoms with Gasteiger partial charge in [-0.25, -0.2) is 4.39 Å². The average molecular weight is 334 g/mol. The Morgan fingerprint density at radius 1 is 1.22 bits per heavy atom. The molecular weight excluding hydrogens is 325 g/mol.